The van der Waals surface area contributed by atoms with Gasteiger partial charge in [-0.2, -0.15) is 0 Å². The van der Waals surface area contributed by atoms with E-state index in [1.807, 2.05) is 90.7 Å². The Kier molecular flexibility index (Phi) is 7.71. The Balaban J connectivity index is 1.30. The molecule has 1 fully saturated rings. The Morgan fingerprint density at radius 2 is 1.76 bits per heavy atom. The molecule has 0 saturated carbocycles. The van der Waals surface area contributed by atoms with Crippen LogP contribution >= 0.6 is 22.6 Å². The van der Waals surface area contributed by atoms with Crippen molar-refractivity contribution in [3.63, 3.8) is 0 Å². The second-order valence-corrected chi connectivity index (χ2v) is 13.2. The number of fused-ring (bicyclic) bond motifs is 2. The molecule has 5 atom stereocenters. The molecule has 6 rings (SSSR count). The van der Waals surface area contributed by atoms with Crippen molar-refractivity contribution < 1.29 is 19.7 Å². The van der Waals surface area contributed by atoms with Gasteiger partial charge in [0.05, 0.1) is 30.1 Å². The number of anilines is 1. The molecular weight excluding hydrogens is 643 g/mol. The average Bonchev–Trinajstić information content (AvgIpc) is 3.63. The molecule has 42 heavy (non-hydrogen) atoms. The summed E-state index contributed by atoms with van der Waals surface area (Å²) in [4.78, 5) is 16.3. The van der Waals surface area contributed by atoms with Gasteiger partial charge in [-0.25, -0.2) is 0 Å². The van der Waals surface area contributed by atoms with Gasteiger partial charge in [-0.1, -0.05) is 72.8 Å². The first-order valence-electron chi connectivity index (χ1n) is 14.3. The molecule has 218 valence electrons. The Labute approximate surface area is 259 Å². The smallest absolute Gasteiger partial charge is 0.264 e. The molecule has 0 aliphatic carbocycles. The fourth-order valence-corrected chi connectivity index (χ4v) is 7.35. The van der Waals surface area contributed by atoms with E-state index in [0.29, 0.717) is 25.2 Å². The van der Waals surface area contributed by atoms with Gasteiger partial charge in [0.15, 0.2) is 5.60 Å². The van der Waals surface area contributed by atoms with E-state index < -0.39 is 23.4 Å². The van der Waals surface area contributed by atoms with E-state index in [4.69, 9.17) is 4.74 Å². The van der Waals surface area contributed by atoms with E-state index in [-0.39, 0.29) is 17.7 Å². The van der Waals surface area contributed by atoms with Crippen LogP contribution in [0.5, 0.6) is 0 Å². The molecule has 2 aliphatic rings. The van der Waals surface area contributed by atoms with Crippen molar-refractivity contribution in [3.05, 3.63) is 111 Å². The van der Waals surface area contributed by atoms with Crippen LogP contribution in [0.3, 0.4) is 0 Å². The number of benzene rings is 3. The Bertz CT molecular complexity index is 1570. The van der Waals surface area contributed by atoms with E-state index in [1.54, 1.807) is 24.7 Å². The van der Waals surface area contributed by atoms with Gasteiger partial charge in [0, 0.05) is 27.5 Å². The number of aliphatic hydroxyl groups excluding tert-OH is 1. The number of carbonyl (C=O) groups excluding carboxylic acids is 1. The van der Waals surface area contributed by atoms with Gasteiger partial charge in [-0.05, 0) is 72.2 Å². The normalized spacial score (nSPS) is 24.4. The van der Waals surface area contributed by atoms with Crippen LogP contribution in [0.15, 0.2) is 85.1 Å². The number of halogens is 1. The molecule has 4 aromatic rings. The van der Waals surface area contributed by atoms with Crippen LogP contribution in [-0.4, -0.2) is 42.8 Å². The minimum absolute atomic E-state index is 0.0957. The summed E-state index contributed by atoms with van der Waals surface area (Å²) in [5.41, 5.74) is 1.64. The summed E-state index contributed by atoms with van der Waals surface area (Å²) in [6.45, 7) is 6.51. The summed E-state index contributed by atoms with van der Waals surface area (Å²) in [5.74, 6) is -0.706. The second kappa shape index (κ2) is 11.2. The highest BCUT2D eigenvalue weighted by Gasteiger charge is 2.65. The number of aromatic nitrogens is 3. The predicted molar refractivity (Wildman–Crippen MR) is 167 cm³/mol. The number of aryl methyl sites for hydroxylation is 1. The number of rotatable bonds is 8. The van der Waals surface area contributed by atoms with Gasteiger partial charge in [-0.3, -0.25) is 9.48 Å². The highest BCUT2D eigenvalue weighted by molar-refractivity contribution is 14.1. The zero-order valence-electron chi connectivity index (χ0n) is 23.9. The molecular formula is C33H35IN4O4. The van der Waals surface area contributed by atoms with E-state index in [2.05, 4.69) is 32.9 Å². The fourth-order valence-electron chi connectivity index (χ4n) is 6.86. The van der Waals surface area contributed by atoms with Crippen molar-refractivity contribution in [2.75, 3.05) is 4.90 Å². The average molecular weight is 679 g/mol. The lowest BCUT2D eigenvalue weighted by atomic mass is 9.71. The lowest BCUT2D eigenvalue weighted by molar-refractivity contribution is -0.146. The lowest BCUT2D eigenvalue weighted by Crippen LogP contribution is -2.46. The molecule has 1 aromatic heterocycles. The number of carbonyl (C=O) groups is 1. The van der Waals surface area contributed by atoms with Crippen LogP contribution < -0.4 is 4.90 Å². The lowest BCUT2D eigenvalue weighted by Gasteiger charge is -2.34. The summed E-state index contributed by atoms with van der Waals surface area (Å²) in [6, 6.07) is 25.4. The van der Waals surface area contributed by atoms with Gasteiger partial charge < -0.3 is 19.8 Å². The van der Waals surface area contributed by atoms with Gasteiger partial charge in [-0.15, -0.1) is 5.10 Å². The summed E-state index contributed by atoms with van der Waals surface area (Å²) in [7, 11) is 0. The molecule has 3 heterocycles. The van der Waals surface area contributed by atoms with E-state index in [1.165, 1.54) is 0 Å². The van der Waals surface area contributed by atoms with Gasteiger partial charge in [0.25, 0.3) is 5.91 Å². The van der Waals surface area contributed by atoms with Crippen LogP contribution in [0.2, 0.25) is 0 Å². The molecule has 9 heteroatoms. The first kappa shape index (κ1) is 29.0. The highest BCUT2D eigenvalue weighted by Crippen LogP contribution is 2.58. The van der Waals surface area contributed by atoms with Crippen molar-refractivity contribution in [1.82, 2.24) is 15.0 Å². The maximum Gasteiger partial charge on any atom is 0.264 e. The summed E-state index contributed by atoms with van der Waals surface area (Å²) in [6.07, 6.45) is 0.958. The standard InChI is InChI=1S/C33H35IN4O4/c1-21-29(32(2,3)41)28(16-17-37-20-26(35-36-37)30(39)23-12-8-5-9-13-23)42-33(21)25-18-24(34)14-15-27(25)38(31(33)40)19-22-10-6-4-7-11-22/h4-15,18,20-21,28-30,39,41H,16-17,19H2,1-3H3/t21-,28+,29-,30-,33+/m1/s1. The topological polar surface area (TPSA) is 101 Å². The third kappa shape index (κ3) is 5.06. The number of hydrogen-bond donors (Lipinski definition) is 2. The first-order chi connectivity index (χ1) is 20.1. The maximum atomic E-state index is 14.5. The first-order valence-corrected chi connectivity index (χ1v) is 15.4. The monoisotopic (exact) mass is 678 g/mol. The van der Waals surface area contributed by atoms with Crippen molar-refractivity contribution in [3.8, 4) is 0 Å². The van der Waals surface area contributed by atoms with E-state index in [9.17, 15) is 15.0 Å². The molecule has 1 spiro atoms. The SMILES string of the molecule is C[C@@H]1[C@@H](C(C)(C)O)[C@H](CCn2cc([C@H](O)c3ccccc3)nn2)O[C@@]12C(=O)N(Cc1ccccc1)c1ccc(I)cc12. The molecule has 0 radical (unpaired) electrons. The van der Waals surface area contributed by atoms with E-state index in [0.717, 1.165) is 25.9 Å². The molecule has 1 amide bonds. The summed E-state index contributed by atoms with van der Waals surface area (Å²) >= 11 is 2.28. The molecule has 3 aromatic carbocycles. The van der Waals surface area contributed by atoms with Crippen LogP contribution in [0.4, 0.5) is 5.69 Å². The Morgan fingerprint density at radius 3 is 2.45 bits per heavy atom. The number of nitrogens with zero attached hydrogens (tertiary/aromatic N) is 4. The zero-order valence-corrected chi connectivity index (χ0v) is 26.0. The molecule has 2 N–H and O–H groups in total. The Hall–Kier alpha value is -3.12. The number of ether oxygens (including phenoxy) is 1. The summed E-state index contributed by atoms with van der Waals surface area (Å²) < 4.78 is 9.61. The number of hydrogen-bond acceptors (Lipinski definition) is 6. The van der Waals surface area contributed by atoms with Crippen molar-refractivity contribution in [2.45, 2.75) is 63.7 Å². The minimum Gasteiger partial charge on any atom is -0.390 e. The van der Waals surface area contributed by atoms with Crippen molar-refractivity contribution >= 4 is 34.2 Å². The third-order valence-electron chi connectivity index (χ3n) is 8.72. The van der Waals surface area contributed by atoms with Crippen molar-refractivity contribution in [1.29, 1.82) is 0 Å². The molecule has 0 bridgehead atoms. The second-order valence-electron chi connectivity index (χ2n) is 11.9. The number of aliphatic hydroxyl groups is 2. The zero-order chi connectivity index (χ0) is 29.6. The van der Waals surface area contributed by atoms with Crippen LogP contribution in [0.1, 0.15) is 55.7 Å². The van der Waals surface area contributed by atoms with Crippen LogP contribution in [0.25, 0.3) is 0 Å². The largest absolute Gasteiger partial charge is 0.390 e. The minimum atomic E-state index is -1.21. The number of amides is 1. The van der Waals surface area contributed by atoms with Crippen molar-refractivity contribution in [2.24, 2.45) is 11.8 Å². The molecule has 1 saturated heterocycles. The van der Waals surface area contributed by atoms with Crippen LogP contribution in [-0.2, 0) is 28.2 Å². The van der Waals surface area contributed by atoms with Crippen LogP contribution in [0, 0.1) is 15.4 Å². The maximum absolute atomic E-state index is 14.5. The Morgan fingerprint density at radius 1 is 1.07 bits per heavy atom. The fraction of sp³-hybridized carbons (Fsp3) is 0.364. The van der Waals surface area contributed by atoms with Gasteiger partial charge >= 0.3 is 0 Å². The molecule has 2 aliphatic heterocycles. The molecule has 8 nitrogen and oxygen atoms in total. The van der Waals surface area contributed by atoms with Gasteiger partial charge in [0.1, 0.15) is 11.8 Å². The highest BCUT2D eigenvalue weighted by atomic mass is 127. The summed E-state index contributed by atoms with van der Waals surface area (Å²) in [5, 5.41) is 30.6. The molecule has 0 unspecified atom stereocenters. The van der Waals surface area contributed by atoms with Gasteiger partial charge in [0.2, 0.25) is 0 Å². The third-order valence-corrected chi connectivity index (χ3v) is 9.39. The quantitative estimate of drug-likeness (QED) is 0.248. The predicted octanol–water partition coefficient (Wildman–Crippen LogP) is 5.22. The van der Waals surface area contributed by atoms with E-state index >= 15 is 0 Å².